The summed E-state index contributed by atoms with van der Waals surface area (Å²) in [7, 11) is 1.81. The number of hydrogen-bond donors (Lipinski definition) is 1. The first kappa shape index (κ1) is 17.0. The molecule has 0 aliphatic heterocycles. The summed E-state index contributed by atoms with van der Waals surface area (Å²) in [5.41, 5.74) is 1.04. The lowest BCUT2D eigenvalue weighted by Gasteiger charge is -2.06. The van der Waals surface area contributed by atoms with Crippen LogP contribution in [0.15, 0.2) is 41.5 Å². The molecule has 1 N–H and O–H groups in total. The average Bonchev–Trinajstić information content (AvgIpc) is 3.19. The lowest BCUT2D eigenvalue weighted by atomic mass is 10.3. The van der Waals surface area contributed by atoms with Crippen molar-refractivity contribution < 1.29 is 9.13 Å². The molecular formula is C18H17FN6O2. The van der Waals surface area contributed by atoms with Crippen LogP contribution in [0.25, 0.3) is 22.6 Å². The highest BCUT2D eigenvalue weighted by Crippen LogP contribution is 2.24. The Balaban J connectivity index is 1.83. The van der Waals surface area contributed by atoms with Gasteiger partial charge >= 0.3 is 6.01 Å². The molecule has 138 valence electrons. The highest BCUT2D eigenvalue weighted by atomic mass is 19.1. The molecule has 8 nitrogen and oxygen atoms in total. The highest BCUT2D eigenvalue weighted by molar-refractivity contribution is 5.76. The van der Waals surface area contributed by atoms with Crippen LogP contribution in [0.4, 0.5) is 4.39 Å². The van der Waals surface area contributed by atoms with E-state index < -0.39 is 5.82 Å². The number of aromatic amines is 1. The molecule has 3 heterocycles. The number of nitrogens with one attached hydrogen (secondary N) is 1. The Morgan fingerprint density at radius 3 is 2.85 bits per heavy atom. The summed E-state index contributed by atoms with van der Waals surface area (Å²) in [6.45, 7) is 2.62. The Labute approximate surface area is 153 Å². The molecule has 0 spiro atoms. The van der Waals surface area contributed by atoms with E-state index in [-0.39, 0.29) is 23.0 Å². The van der Waals surface area contributed by atoms with Gasteiger partial charge in [-0.3, -0.25) is 14.5 Å². The fraction of sp³-hybridized carbons (Fsp3) is 0.222. The molecule has 3 aromatic heterocycles. The standard InChI is InChI=1S/C18H17FN6O2/c1-3-7-25-14-15(21-16(25)11-9-20-24(2)10-11)22-18(23-17(14)26)27-13-6-4-5-12(19)8-13/h4-6,8-10H,3,7H2,1-2H3,(H,22,23,26). The predicted molar refractivity (Wildman–Crippen MR) is 97.1 cm³/mol. The Morgan fingerprint density at radius 1 is 1.30 bits per heavy atom. The van der Waals surface area contributed by atoms with Crippen molar-refractivity contribution in [3.8, 4) is 23.1 Å². The van der Waals surface area contributed by atoms with E-state index in [2.05, 4.69) is 20.1 Å². The number of H-pyrrole nitrogens is 1. The van der Waals surface area contributed by atoms with Crippen molar-refractivity contribution in [1.29, 1.82) is 0 Å². The van der Waals surface area contributed by atoms with Gasteiger partial charge in [0.05, 0.1) is 11.8 Å². The van der Waals surface area contributed by atoms with Crippen molar-refractivity contribution in [3.05, 3.63) is 52.8 Å². The number of aryl methyl sites for hydroxylation is 2. The molecule has 9 heteroatoms. The molecule has 0 atom stereocenters. The largest absolute Gasteiger partial charge is 0.425 e. The van der Waals surface area contributed by atoms with Crippen molar-refractivity contribution in [2.75, 3.05) is 0 Å². The maximum Gasteiger partial charge on any atom is 0.304 e. The molecule has 0 fully saturated rings. The van der Waals surface area contributed by atoms with Crippen molar-refractivity contribution in [2.24, 2.45) is 7.05 Å². The van der Waals surface area contributed by atoms with Crippen molar-refractivity contribution in [3.63, 3.8) is 0 Å². The van der Waals surface area contributed by atoms with E-state index in [0.29, 0.717) is 17.9 Å². The van der Waals surface area contributed by atoms with Gasteiger partial charge in [0.25, 0.3) is 5.56 Å². The summed E-state index contributed by atoms with van der Waals surface area (Å²) >= 11 is 0. The van der Waals surface area contributed by atoms with E-state index in [1.807, 2.05) is 24.7 Å². The molecule has 0 saturated carbocycles. The minimum atomic E-state index is -0.443. The number of rotatable bonds is 5. The van der Waals surface area contributed by atoms with Crippen LogP contribution in [0.3, 0.4) is 0 Å². The third-order valence-electron chi connectivity index (χ3n) is 4.01. The number of ether oxygens (including phenoxy) is 1. The number of halogens is 1. The highest BCUT2D eigenvalue weighted by Gasteiger charge is 2.18. The summed E-state index contributed by atoms with van der Waals surface area (Å²) in [4.78, 5) is 24.1. The van der Waals surface area contributed by atoms with E-state index in [1.165, 1.54) is 18.2 Å². The molecule has 0 unspecified atom stereocenters. The fourth-order valence-electron chi connectivity index (χ4n) is 2.91. The first-order valence-corrected chi connectivity index (χ1v) is 8.48. The summed E-state index contributed by atoms with van der Waals surface area (Å²) in [6, 6.07) is 5.55. The van der Waals surface area contributed by atoms with Crippen molar-refractivity contribution >= 4 is 11.2 Å². The van der Waals surface area contributed by atoms with Gasteiger partial charge < -0.3 is 9.30 Å². The summed E-state index contributed by atoms with van der Waals surface area (Å²) in [5.74, 6) is 0.404. The molecule has 0 aliphatic carbocycles. The number of hydrogen-bond acceptors (Lipinski definition) is 5. The average molecular weight is 368 g/mol. The Kier molecular flexibility index (Phi) is 4.19. The molecule has 0 amide bonds. The predicted octanol–water partition coefficient (Wildman–Crippen LogP) is 2.86. The maximum absolute atomic E-state index is 13.3. The molecular weight excluding hydrogens is 351 g/mol. The minimum Gasteiger partial charge on any atom is -0.425 e. The molecule has 4 rings (SSSR count). The van der Waals surface area contributed by atoms with E-state index in [4.69, 9.17) is 4.74 Å². The Bertz CT molecular complexity index is 1180. The first-order valence-electron chi connectivity index (χ1n) is 8.48. The van der Waals surface area contributed by atoms with E-state index in [0.717, 1.165) is 12.0 Å². The zero-order valence-corrected chi connectivity index (χ0v) is 14.8. The third kappa shape index (κ3) is 3.19. The number of nitrogens with zero attached hydrogens (tertiary/aromatic N) is 5. The number of fused-ring (bicyclic) bond motifs is 1. The van der Waals surface area contributed by atoms with Gasteiger partial charge in [-0.15, -0.1) is 0 Å². The summed E-state index contributed by atoms with van der Waals surface area (Å²) < 4.78 is 22.3. The number of benzene rings is 1. The molecule has 27 heavy (non-hydrogen) atoms. The second-order valence-corrected chi connectivity index (χ2v) is 6.09. The van der Waals surface area contributed by atoms with Crippen LogP contribution < -0.4 is 10.3 Å². The fourth-order valence-corrected chi connectivity index (χ4v) is 2.91. The van der Waals surface area contributed by atoms with Crippen molar-refractivity contribution in [2.45, 2.75) is 19.9 Å². The van der Waals surface area contributed by atoms with Gasteiger partial charge in [-0.05, 0) is 18.6 Å². The molecule has 0 bridgehead atoms. The van der Waals surface area contributed by atoms with Gasteiger partial charge in [0, 0.05) is 25.9 Å². The van der Waals surface area contributed by atoms with E-state index in [1.54, 1.807) is 16.9 Å². The van der Waals surface area contributed by atoms with Gasteiger partial charge in [0.2, 0.25) is 0 Å². The van der Waals surface area contributed by atoms with Gasteiger partial charge in [0.15, 0.2) is 11.2 Å². The Hall–Kier alpha value is -3.49. The van der Waals surface area contributed by atoms with E-state index in [9.17, 15) is 9.18 Å². The lowest BCUT2D eigenvalue weighted by molar-refractivity contribution is 0.438. The second-order valence-electron chi connectivity index (χ2n) is 6.09. The van der Waals surface area contributed by atoms with Crippen LogP contribution in [0.1, 0.15) is 13.3 Å². The molecule has 1 aromatic carbocycles. The number of aromatic nitrogens is 6. The topological polar surface area (TPSA) is 90.6 Å². The quantitative estimate of drug-likeness (QED) is 0.585. The number of imidazole rings is 1. The second kappa shape index (κ2) is 6.67. The summed E-state index contributed by atoms with van der Waals surface area (Å²) in [6.07, 6.45) is 4.33. The van der Waals surface area contributed by atoms with Gasteiger partial charge in [-0.1, -0.05) is 13.0 Å². The first-order chi connectivity index (χ1) is 13.0. The van der Waals surface area contributed by atoms with Crippen LogP contribution in [-0.2, 0) is 13.6 Å². The zero-order chi connectivity index (χ0) is 19.0. The van der Waals surface area contributed by atoms with Crippen LogP contribution in [0, 0.1) is 5.82 Å². The van der Waals surface area contributed by atoms with E-state index >= 15 is 0 Å². The molecule has 0 aliphatic rings. The van der Waals surface area contributed by atoms with Crippen LogP contribution in [0.2, 0.25) is 0 Å². The van der Waals surface area contributed by atoms with Crippen LogP contribution >= 0.6 is 0 Å². The maximum atomic E-state index is 13.3. The monoisotopic (exact) mass is 368 g/mol. The van der Waals surface area contributed by atoms with Gasteiger partial charge in [-0.25, -0.2) is 9.37 Å². The molecule has 4 aromatic rings. The van der Waals surface area contributed by atoms with Crippen molar-refractivity contribution in [1.82, 2.24) is 29.3 Å². The third-order valence-corrected chi connectivity index (χ3v) is 4.01. The van der Waals surface area contributed by atoms with Gasteiger partial charge in [-0.2, -0.15) is 10.1 Å². The van der Waals surface area contributed by atoms with Crippen LogP contribution in [-0.4, -0.2) is 29.3 Å². The Morgan fingerprint density at radius 2 is 2.15 bits per heavy atom. The van der Waals surface area contributed by atoms with Gasteiger partial charge in [0.1, 0.15) is 17.4 Å². The molecule has 0 radical (unpaired) electrons. The molecule has 0 saturated heterocycles. The lowest BCUT2D eigenvalue weighted by Crippen LogP contribution is -2.13. The minimum absolute atomic E-state index is 0.0445. The SMILES string of the molecule is CCCn1c(-c2cnn(C)c2)nc2nc(Oc3cccc(F)c3)[nH]c(=O)c21. The normalized spacial score (nSPS) is 11.2. The summed E-state index contributed by atoms with van der Waals surface area (Å²) in [5, 5.41) is 4.17. The van der Waals surface area contributed by atoms with Crippen LogP contribution in [0.5, 0.6) is 11.8 Å². The smallest absolute Gasteiger partial charge is 0.304 e. The zero-order valence-electron chi connectivity index (χ0n) is 14.8.